The second-order valence-corrected chi connectivity index (χ2v) is 6.75. The van der Waals surface area contributed by atoms with E-state index in [2.05, 4.69) is 33.2 Å². The molecule has 6 nitrogen and oxygen atoms in total. The van der Waals surface area contributed by atoms with Crippen LogP contribution in [-0.2, 0) is 20.1 Å². The van der Waals surface area contributed by atoms with Gasteiger partial charge in [0.2, 0.25) is 0 Å². The van der Waals surface area contributed by atoms with Crippen molar-refractivity contribution in [3.05, 3.63) is 47.8 Å². The summed E-state index contributed by atoms with van der Waals surface area (Å²) in [5.74, 6) is 0.895. The summed E-state index contributed by atoms with van der Waals surface area (Å²) in [6, 6.07) is 8.61. The van der Waals surface area contributed by atoms with Gasteiger partial charge in [0.15, 0.2) is 0 Å². The molecule has 1 fully saturated rings. The van der Waals surface area contributed by atoms with Crippen LogP contribution < -0.4 is 4.74 Å². The van der Waals surface area contributed by atoms with Crippen molar-refractivity contribution in [3.8, 4) is 5.75 Å². The molecule has 1 aliphatic rings. The van der Waals surface area contributed by atoms with E-state index < -0.39 is 0 Å². The summed E-state index contributed by atoms with van der Waals surface area (Å²) in [4.78, 5) is 4.93. The van der Waals surface area contributed by atoms with Gasteiger partial charge in [-0.3, -0.25) is 14.5 Å². The minimum absolute atomic E-state index is 0.222. The first-order valence-electron chi connectivity index (χ1n) is 8.85. The summed E-state index contributed by atoms with van der Waals surface area (Å²) in [5, 5.41) is 13.7. The van der Waals surface area contributed by atoms with Crippen LogP contribution in [-0.4, -0.2) is 64.1 Å². The van der Waals surface area contributed by atoms with Crippen molar-refractivity contribution < 1.29 is 9.84 Å². The zero-order valence-corrected chi connectivity index (χ0v) is 15.1. The van der Waals surface area contributed by atoms with Crippen LogP contribution in [0, 0.1) is 0 Å². The third-order valence-electron chi connectivity index (χ3n) is 4.84. The van der Waals surface area contributed by atoms with Crippen molar-refractivity contribution in [2.45, 2.75) is 25.6 Å². The highest BCUT2D eigenvalue weighted by Gasteiger charge is 2.26. The second-order valence-electron chi connectivity index (χ2n) is 6.75. The Balaban J connectivity index is 1.62. The quantitative estimate of drug-likeness (QED) is 0.825. The van der Waals surface area contributed by atoms with Crippen LogP contribution in [0.25, 0.3) is 0 Å². The molecular weight excluding hydrogens is 316 g/mol. The fraction of sp³-hybridized carbons (Fsp3) is 0.526. The summed E-state index contributed by atoms with van der Waals surface area (Å²) in [6.45, 7) is 5.04. The molecule has 0 radical (unpaired) electrons. The first kappa shape index (κ1) is 17.9. The zero-order valence-electron chi connectivity index (χ0n) is 15.1. The highest BCUT2D eigenvalue weighted by molar-refractivity contribution is 5.28. The second kappa shape index (κ2) is 8.47. The number of benzene rings is 1. The molecule has 6 heteroatoms. The molecule has 1 aliphatic heterocycles. The first-order valence-corrected chi connectivity index (χ1v) is 8.85. The molecule has 0 aliphatic carbocycles. The van der Waals surface area contributed by atoms with Gasteiger partial charge in [-0.05, 0) is 24.1 Å². The van der Waals surface area contributed by atoms with Crippen LogP contribution in [0.5, 0.6) is 5.75 Å². The molecule has 0 spiro atoms. The number of aliphatic hydroxyl groups excluding tert-OH is 1. The topological polar surface area (TPSA) is 53.8 Å². The number of piperazine rings is 1. The molecule has 1 unspecified atom stereocenters. The van der Waals surface area contributed by atoms with Crippen LogP contribution in [0.1, 0.15) is 17.5 Å². The predicted molar refractivity (Wildman–Crippen MR) is 97.4 cm³/mol. The number of rotatable bonds is 7. The number of aryl methyl sites for hydroxylation is 1. The zero-order chi connectivity index (χ0) is 17.6. The molecule has 1 atom stereocenters. The van der Waals surface area contributed by atoms with Gasteiger partial charge in [-0.2, -0.15) is 5.10 Å². The third kappa shape index (κ3) is 4.81. The largest absolute Gasteiger partial charge is 0.497 e. The molecule has 2 aromatic rings. The Morgan fingerprint density at radius 2 is 2.12 bits per heavy atom. The molecule has 0 amide bonds. The van der Waals surface area contributed by atoms with Gasteiger partial charge in [-0.1, -0.05) is 12.1 Å². The van der Waals surface area contributed by atoms with Crippen LogP contribution in [0.4, 0.5) is 0 Å². The van der Waals surface area contributed by atoms with E-state index in [9.17, 15) is 5.11 Å². The fourth-order valence-corrected chi connectivity index (χ4v) is 3.55. The minimum Gasteiger partial charge on any atom is -0.497 e. The molecule has 2 heterocycles. The maximum atomic E-state index is 9.49. The van der Waals surface area contributed by atoms with Crippen molar-refractivity contribution in [1.29, 1.82) is 0 Å². The number of ether oxygens (including phenoxy) is 1. The third-order valence-corrected chi connectivity index (χ3v) is 4.84. The average Bonchev–Trinajstić information content (AvgIpc) is 3.02. The SMILES string of the molecule is COc1cccc(CN2CCN(Cc3cnn(C)c3)CC2CCO)c1. The molecule has 1 saturated heterocycles. The smallest absolute Gasteiger partial charge is 0.119 e. The lowest BCUT2D eigenvalue weighted by atomic mass is 10.1. The Morgan fingerprint density at radius 1 is 1.24 bits per heavy atom. The molecule has 25 heavy (non-hydrogen) atoms. The van der Waals surface area contributed by atoms with Crippen LogP contribution in [0.3, 0.4) is 0 Å². The summed E-state index contributed by atoms with van der Waals surface area (Å²) in [6.07, 6.45) is 4.81. The predicted octanol–water partition coefficient (Wildman–Crippen LogP) is 1.50. The maximum absolute atomic E-state index is 9.49. The molecule has 0 bridgehead atoms. The van der Waals surface area contributed by atoms with Gasteiger partial charge in [0, 0.05) is 64.2 Å². The average molecular weight is 344 g/mol. The molecule has 1 aromatic carbocycles. The number of methoxy groups -OCH3 is 1. The normalized spacial score (nSPS) is 19.2. The number of nitrogens with zero attached hydrogens (tertiary/aromatic N) is 4. The van der Waals surface area contributed by atoms with Gasteiger partial charge in [-0.15, -0.1) is 0 Å². The van der Waals surface area contributed by atoms with Gasteiger partial charge in [0.1, 0.15) is 5.75 Å². The van der Waals surface area contributed by atoms with E-state index in [-0.39, 0.29) is 6.61 Å². The molecule has 0 saturated carbocycles. The standard InChI is InChI=1S/C19H28N4O2/c1-21-12-17(11-20-21)13-22-7-8-23(18(15-22)6-9-24)14-16-4-3-5-19(10-16)25-2/h3-5,10-12,18,24H,6-9,13-15H2,1-2H3. The summed E-state index contributed by atoms with van der Waals surface area (Å²) in [5.41, 5.74) is 2.49. The van der Waals surface area contributed by atoms with Crippen molar-refractivity contribution in [2.75, 3.05) is 33.4 Å². The Bertz CT molecular complexity index is 673. The monoisotopic (exact) mass is 344 g/mol. The van der Waals surface area contributed by atoms with Crippen molar-refractivity contribution in [1.82, 2.24) is 19.6 Å². The van der Waals surface area contributed by atoms with E-state index in [0.717, 1.165) is 44.9 Å². The fourth-order valence-electron chi connectivity index (χ4n) is 3.55. The summed E-state index contributed by atoms with van der Waals surface area (Å²) < 4.78 is 7.18. The van der Waals surface area contributed by atoms with E-state index in [1.165, 1.54) is 11.1 Å². The number of hydrogen-bond acceptors (Lipinski definition) is 5. The molecule has 136 valence electrons. The Kier molecular flexibility index (Phi) is 6.07. The molecule has 1 aromatic heterocycles. The van der Waals surface area contributed by atoms with E-state index >= 15 is 0 Å². The van der Waals surface area contributed by atoms with Gasteiger partial charge >= 0.3 is 0 Å². The van der Waals surface area contributed by atoms with Gasteiger partial charge in [-0.25, -0.2) is 0 Å². The minimum atomic E-state index is 0.222. The lowest BCUT2D eigenvalue weighted by molar-refractivity contribution is 0.0499. The van der Waals surface area contributed by atoms with E-state index in [1.807, 2.05) is 30.1 Å². The van der Waals surface area contributed by atoms with Crippen molar-refractivity contribution in [3.63, 3.8) is 0 Å². The van der Waals surface area contributed by atoms with Crippen molar-refractivity contribution >= 4 is 0 Å². The van der Waals surface area contributed by atoms with E-state index in [4.69, 9.17) is 4.74 Å². The number of aromatic nitrogens is 2. The summed E-state index contributed by atoms with van der Waals surface area (Å²) >= 11 is 0. The molecule has 3 rings (SSSR count). The Morgan fingerprint density at radius 3 is 2.84 bits per heavy atom. The van der Waals surface area contributed by atoms with Gasteiger partial charge < -0.3 is 9.84 Å². The Labute approximate surface area is 149 Å². The van der Waals surface area contributed by atoms with E-state index in [1.54, 1.807) is 7.11 Å². The number of aliphatic hydroxyl groups is 1. The maximum Gasteiger partial charge on any atom is 0.119 e. The highest BCUT2D eigenvalue weighted by atomic mass is 16.5. The highest BCUT2D eigenvalue weighted by Crippen LogP contribution is 2.20. The lowest BCUT2D eigenvalue weighted by Crippen LogP contribution is -2.52. The molecular formula is C19H28N4O2. The molecule has 1 N–H and O–H groups in total. The first-order chi connectivity index (χ1) is 12.2. The Hall–Kier alpha value is -1.89. The van der Waals surface area contributed by atoms with Crippen LogP contribution in [0.2, 0.25) is 0 Å². The van der Waals surface area contributed by atoms with E-state index in [0.29, 0.717) is 6.04 Å². The van der Waals surface area contributed by atoms with Crippen LogP contribution in [0.15, 0.2) is 36.7 Å². The number of hydrogen-bond donors (Lipinski definition) is 1. The van der Waals surface area contributed by atoms with Crippen LogP contribution >= 0.6 is 0 Å². The lowest BCUT2D eigenvalue weighted by Gasteiger charge is -2.41. The summed E-state index contributed by atoms with van der Waals surface area (Å²) in [7, 11) is 3.65. The van der Waals surface area contributed by atoms with Gasteiger partial charge in [0.25, 0.3) is 0 Å². The van der Waals surface area contributed by atoms with Gasteiger partial charge in [0.05, 0.1) is 13.3 Å². The van der Waals surface area contributed by atoms with Crippen molar-refractivity contribution in [2.24, 2.45) is 7.05 Å².